The van der Waals surface area contributed by atoms with Crippen LogP contribution in [0.3, 0.4) is 0 Å². The Morgan fingerprint density at radius 3 is 2.79 bits per heavy atom. The Kier molecular flexibility index (Phi) is 5.99. The molecule has 2 atom stereocenters. The largest absolute Gasteiger partial charge is 0.434 e. The van der Waals surface area contributed by atoms with Gasteiger partial charge < -0.3 is 20.1 Å². The SMILES string of the molecule is CC[C@@H](NC(=O)N1CCC[C@]1(C)CO)c1ccccc1OC(F)F. The van der Waals surface area contributed by atoms with E-state index < -0.39 is 18.2 Å². The van der Waals surface area contributed by atoms with Crippen LogP contribution < -0.4 is 10.1 Å². The van der Waals surface area contributed by atoms with Gasteiger partial charge in [0.05, 0.1) is 18.2 Å². The molecule has 2 rings (SSSR count). The van der Waals surface area contributed by atoms with Crippen molar-refractivity contribution in [3.8, 4) is 5.75 Å². The number of likely N-dealkylation sites (tertiary alicyclic amines) is 1. The number of aliphatic hydroxyl groups excluding tert-OH is 1. The molecule has 1 aromatic carbocycles. The minimum atomic E-state index is -2.92. The average Bonchev–Trinajstić information content (AvgIpc) is 2.95. The minimum Gasteiger partial charge on any atom is -0.434 e. The third-order valence-corrected chi connectivity index (χ3v) is 4.55. The molecule has 5 nitrogen and oxygen atoms in total. The molecule has 0 unspecified atom stereocenters. The standard InChI is InChI=1S/C17H24F2N2O3/c1-3-13(12-7-4-5-8-14(12)24-15(18)19)20-16(23)21-10-6-9-17(21,2)11-22/h4-5,7-8,13,15,22H,3,6,9-11H2,1-2H3,(H,20,23)/t13-,17-/m1/s1. The van der Waals surface area contributed by atoms with E-state index in [0.29, 0.717) is 18.5 Å². The number of para-hydroxylation sites is 1. The molecule has 0 radical (unpaired) electrons. The summed E-state index contributed by atoms with van der Waals surface area (Å²) < 4.78 is 29.7. The first-order valence-electron chi connectivity index (χ1n) is 8.14. The molecule has 7 heteroatoms. The van der Waals surface area contributed by atoms with Crippen molar-refractivity contribution < 1.29 is 23.4 Å². The molecule has 0 bridgehead atoms. The fourth-order valence-electron chi connectivity index (χ4n) is 3.13. The number of aliphatic hydroxyl groups is 1. The summed E-state index contributed by atoms with van der Waals surface area (Å²) >= 11 is 0. The summed E-state index contributed by atoms with van der Waals surface area (Å²) in [6.45, 7) is 1.24. The van der Waals surface area contributed by atoms with Crippen LogP contribution in [0.25, 0.3) is 0 Å². The highest BCUT2D eigenvalue weighted by atomic mass is 19.3. The molecule has 1 saturated heterocycles. The molecule has 0 aliphatic carbocycles. The van der Waals surface area contributed by atoms with E-state index in [9.17, 15) is 18.7 Å². The van der Waals surface area contributed by atoms with Gasteiger partial charge in [0.15, 0.2) is 0 Å². The molecule has 24 heavy (non-hydrogen) atoms. The van der Waals surface area contributed by atoms with Crippen molar-refractivity contribution in [2.45, 2.75) is 51.3 Å². The number of carbonyl (C=O) groups excluding carboxylic acids is 1. The van der Waals surface area contributed by atoms with Crippen molar-refractivity contribution in [2.24, 2.45) is 0 Å². The van der Waals surface area contributed by atoms with Crippen LogP contribution in [0.15, 0.2) is 24.3 Å². The number of rotatable bonds is 6. The summed E-state index contributed by atoms with van der Waals surface area (Å²) in [5.41, 5.74) is -0.0694. The van der Waals surface area contributed by atoms with E-state index in [2.05, 4.69) is 10.1 Å². The fourth-order valence-corrected chi connectivity index (χ4v) is 3.13. The first-order valence-corrected chi connectivity index (χ1v) is 8.14. The molecule has 134 valence electrons. The normalized spacial score (nSPS) is 21.8. The zero-order valence-corrected chi connectivity index (χ0v) is 14.0. The summed E-state index contributed by atoms with van der Waals surface area (Å²) in [5.74, 6) is 0.0611. The van der Waals surface area contributed by atoms with Gasteiger partial charge in [-0.2, -0.15) is 8.78 Å². The summed E-state index contributed by atoms with van der Waals surface area (Å²) in [6, 6.07) is 5.71. The summed E-state index contributed by atoms with van der Waals surface area (Å²) in [6.07, 6.45) is 2.09. The van der Waals surface area contributed by atoms with Crippen LogP contribution in [0.1, 0.15) is 44.7 Å². The van der Waals surface area contributed by atoms with Gasteiger partial charge in [-0.1, -0.05) is 25.1 Å². The van der Waals surface area contributed by atoms with Gasteiger partial charge in [-0.15, -0.1) is 0 Å². The van der Waals surface area contributed by atoms with Gasteiger partial charge in [-0.05, 0) is 32.3 Å². The van der Waals surface area contributed by atoms with E-state index in [1.165, 1.54) is 6.07 Å². The summed E-state index contributed by atoms with van der Waals surface area (Å²) in [7, 11) is 0. The second-order valence-electron chi connectivity index (χ2n) is 6.24. The van der Waals surface area contributed by atoms with Crippen LogP contribution >= 0.6 is 0 Å². The van der Waals surface area contributed by atoms with Crippen LogP contribution in [0, 0.1) is 0 Å². The average molecular weight is 342 g/mol. The number of ether oxygens (including phenoxy) is 1. The van der Waals surface area contributed by atoms with E-state index in [4.69, 9.17) is 0 Å². The molecule has 0 saturated carbocycles. The van der Waals surface area contributed by atoms with Crippen LogP contribution in [-0.4, -0.2) is 41.3 Å². The molecular weight excluding hydrogens is 318 g/mol. The number of halogens is 2. The van der Waals surface area contributed by atoms with Crippen LogP contribution in [0.4, 0.5) is 13.6 Å². The zero-order chi connectivity index (χ0) is 17.7. The molecule has 0 spiro atoms. The van der Waals surface area contributed by atoms with E-state index in [1.807, 2.05) is 13.8 Å². The highest BCUT2D eigenvalue weighted by Gasteiger charge is 2.39. The zero-order valence-electron chi connectivity index (χ0n) is 14.0. The maximum absolute atomic E-state index is 12.6. The van der Waals surface area contributed by atoms with Gasteiger partial charge in [0.2, 0.25) is 0 Å². The number of nitrogens with zero attached hydrogens (tertiary/aromatic N) is 1. The molecule has 1 aliphatic heterocycles. The Labute approximate surface area is 140 Å². The molecule has 2 N–H and O–H groups in total. The summed E-state index contributed by atoms with van der Waals surface area (Å²) in [5, 5.41) is 12.5. The lowest BCUT2D eigenvalue weighted by Crippen LogP contribution is -2.52. The number of nitrogens with one attached hydrogen (secondary N) is 1. The van der Waals surface area contributed by atoms with Crippen LogP contribution in [-0.2, 0) is 0 Å². The van der Waals surface area contributed by atoms with Gasteiger partial charge in [0.1, 0.15) is 5.75 Å². The number of hydrogen-bond acceptors (Lipinski definition) is 3. The Morgan fingerprint density at radius 2 is 2.17 bits per heavy atom. The quantitative estimate of drug-likeness (QED) is 0.834. The maximum Gasteiger partial charge on any atom is 0.387 e. The van der Waals surface area contributed by atoms with Gasteiger partial charge in [0.25, 0.3) is 0 Å². The Morgan fingerprint density at radius 1 is 1.46 bits per heavy atom. The van der Waals surface area contributed by atoms with Crippen molar-refractivity contribution in [1.82, 2.24) is 10.2 Å². The Hall–Kier alpha value is -1.89. The molecule has 0 aromatic heterocycles. The maximum atomic E-state index is 12.6. The lowest BCUT2D eigenvalue weighted by atomic mass is 10.0. The van der Waals surface area contributed by atoms with Crippen LogP contribution in [0.2, 0.25) is 0 Å². The number of amides is 2. The molecule has 1 heterocycles. The van der Waals surface area contributed by atoms with Gasteiger partial charge in [-0.3, -0.25) is 0 Å². The monoisotopic (exact) mass is 342 g/mol. The third kappa shape index (κ3) is 3.95. The van der Waals surface area contributed by atoms with Crippen molar-refractivity contribution in [1.29, 1.82) is 0 Å². The molecular formula is C17H24F2N2O3. The lowest BCUT2D eigenvalue weighted by Gasteiger charge is -2.35. The van der Waals surface area contributed by atoms with E-state index >= 15 is 0 Å². The number of benzene rings is 1. The minimum absolute atomic E-state index is 0.0611. The van der Waals surface area contributed by atoms with E-state index in [-0.39, 0.29) is 18.4 Å². The number of urea groups is 1. The predicted octanol–water partition coefficient (Wildman–Crippen LogP) is 3.30. The second kappa shape index (κ2) is 7.79. The topological polar surface area (TPSA) is 61.8 Å². The fraction of sp³-hybridized carbons (Fsp3) is 0.588. The predicted molar refractivity (Wildman–Crippen MR) is 86.1 cm³/mol. The number of hydrogen-bond donors (Lipinski definition) is 2. The molecule has 2 amide bonds. The third-order valence-electron chi connectivity index (χ3n) is 4.55. The number of alkyl halides is 2. The Bertz CT molecular complexity index is 571. The van der Waals surface area contributed by atoms with Crippen molar-refractivity contribution >= 4 is 6.03 Å². The molecule has 1 aromatic rings. The lowest BCUT2D eigenvalue weighted by molar-refractivity contribution is -0.0507. The smallest absolute Gasteiger partial charge is 0.387 e. The Balaban J connectivity index is 2.17. The van der Waals surface area contributed by atoms with Gasteiger partial charge in [0, 0.05) is 12.1 Å². The van der Waals surface area contributed by atoms with Crippen LogP contribution in [0.5, 0.6) is 5.75 Å². The first-order chi connectivity index (χ1) is 11.4. The first kappa shape index (κ1) is 18.4. The van der Waals surface area contributed by atoms with Crippen molar-refractivity contribution in [2.75, 3.05) is 13.2 Å². The van der Waals surface area contributed by atoms with E-state index in [0.717, 1.165) is 12.8 Å². The number of carbonyl (C=O) groups is 1. The van der Waals surface area contributed by atoms with Crippen molar-refractivity contribution in [3.05, 3.63) is 29.8 Å². The summed E-state index contributed by atoms with van der Waals surface area (Å²) in [4.78, 5) is 14.2. The molecule has 1 aliphatic rings. The van der Waals surface area contributed by atoms with Gasteiger partial charge >= 0.3 is 12.6 Å². The van der Waals surface area contributed by atoms with Crippen molar-refractivity contribution in [3.63, 3.8) is 0 Å². The van der Waals surface area contributed by atoms with Gasteiger partial charge in [-0.25, -0.2) is 4.79 Å². The van der Waals surface area contributed by atoms with E-state index in [1.54, 1.807) is 23.1 Å². The highest BCUT2D eigenvalue weighted by molar-refractivity contribution is 5.76. The second-order valence-corrected chi connectivity index (χ2v) is 6.24. The highest BCUT2D eigenvalue weighted by Crippen LogP contribution is 2.31. The molecule has 1 fully saturated rings.